The molecule has 1 aliphatic carbocycles. The van der Waals surface area contributed by atoms with Crippen molar-refractivity contribution >= 4 is 15.9 Å². The molecule has 2 unspecified atom stereocenters. The fourth-order valence-electron chi connectivity index (χ4n) is 2.27. The lowest BCUT2D eigenvalue weighted by Crippen LogP contribution is -2.09. The van der Waals surface area contributed by atoms with Gasteiger partial charge in [0.15, 0.2) is 0 Å². The summed E-state index contributed by atoms with van der Waals surface area (Å²) in [5.41, 5.74) is 4.54. The third kappa shape index (κ3) is 1.75. The topological polar surface area (TPSA) is 0 Å². The van der Waals surface area contributed by atoms with Gasteiger partial charge >= 0.3 is 0 Å². The molecule has 0 saturated carbocycles. The van der Waals surface area contributed by atoms with Crippen molar-refractivity contribution in [3.05, 3.63) is 34.9 Å². The van der Waals surface area contributed by atoms with Crippen molar-refractivity contribution in [3.63, 3.8) is 0 Å². The predicted molar refractivity (Wildman–Crippen MR) is 65.1 cm³/mol. The van der Waals surface area contributed by atoms with Gasteiger partial charge in [-0.1, -0.05) is 48.0 Å². The second kappa shape index (κ2) is 4.06. The Morgan fingerprint density at radius 2 is 2.07 bits per heavy atom. The number of rotatable bonds is 1. The Balaban J connectivity index is 2.45. The molecule has 0 bridgehead atoms. The molecule has 0 radical (unpaired) electrons. The number of benzene rings is 1. The Morgan fingerprint density at radius 3 is 2.79 bits per heavy atom. The summed E-state index contributed by atoms with van der Waals surface area (Å²) in [7, 11) is 0. The maximum Gasteiger partial charge on any atom is 0.0398 e. The molecule has 0 N–H and O–H groups in total. The molecule has 0 fully saturated rings. The summed E-state index contributed by atoms with van der Waals surface area (Å²) in [6.45, 7) is 4.56. The molecular weight excluding hydrogens is 236 g/mol. The van der Waals surface area contributed by atoms with Crippen LogP contribution in [0.25, 0.3) is 0 Å². The number of fused-ring (bicyclic) bond motifs is 1. The lowest BCUT2D eigenvalue weighted by Gasteiger charge is -2.26. The molecule has 76 valence electrons. The summed E-state index contributed by atoms with van der Waals surface area (Å²) in [5, 5.41) is 0. The highest BCUT2D eigenvalue weighted by molar-refractivity contribution is 9.09. The zero-order valence-electron chi connectivity index (χ0n) is 8.89. The SMILES string of the molecule is CCc1ccc2c(c1)C(Br)CCC2C. The minimum absolute atomic E-state index is 0.584. The van der Waals surface area contributed by atoms with Crippen LogP contribution in [0.2, 0.25) is 0 Å². The van der Waals surface area contributed by atoms with Crippen LogP contribution in [0.5, 0.6) is 0 Å². The van der Waals surface area contributed by atoms with Crippen LogP contribution in [0.15, 0.2) is 18.2 Å². The lowest BCUT2D eigenvalue weighted by molar-refractivity contribution is 0.586. The molecule has 2 atom stereocenters. The lowest BCUT2D eigenvalue weighted by atomic mass is 9.83. The van der Waals surface area contributed by atoms with Crippen LogP contribution in [-0.2, 0) is 6.42 Å². The molecule has 0 saturated heterocycles. The van der Waals surface area contributed by atoms with Crippen molar-refractivity contribution in [2.24, 2.45) is 0 Å². The second-order valence-electron chi connectivity index (χ2n) is 4.26. The summed E-state index contributed by atoms with van der Waals surface area (Å²) in [6.07, 6.45) is 3.73. The molecular formula is C13H17Br. The second-order valence-corrected chi connectivity index (χ2v) is 5.37. The molecule has 0 spiro atoms. The number of halogens is 1. The molecule has 1 aliphatic rings. The first-order chi connectivity index (χ1) is 6.72. The van der Waals surface area contributed by atoms with E-state index in [1.165, 1.54) is 24.0 Å². The Labute approximate surface area is 94.8 Å². The Bertz CT molecular complexity index is 330. The van der Waals surface area contributed by atoms with E-state index < -0.39 is 0 Å². The van der Waals surface area contributed by atoms with E-state index in [2.05, 4.69) is 48.0 Å². The van der Waals surface area contributed by atoms with Gasteiger partial charge in [0.05, 0.1) is 0 Å². The summed E-state index contributed by atoms with van der Waals surface area (Å²) in [5.74, 6) is 0.740. The van der Waals surface area contributed by atoms with Gasteiger partial charge in [-0.15, -0.1) is 0 Å². The Morgan fingerprint density at radius 1 is 1.29 bits per heavy atom. The molecule has 1 aromatic rings. The van der Waals surface area contributed by atoms with Crippen molar-refractivity contribution in [2.45, 2.75) is 43.9 Å². The van der Waals surface area contributed by atoms with Gasteiger partial charge in [-0.3, -0.25) is 0 Å². The zero-order chi connectivity index (χ0) is 10.1. The highest BCUT2D eigenvalue weighted by atomic mass is 79.9. The summed E-state index contributed by atoms with van der Waals surface area (Å²) in [4.78, 5) is 0.584. The van der Waals surface area contributed by atoms with Crippen LogP contribution in [0.4, 0.5) is 0 Å². The van der Waals surface area contributed by atoms with Crippen LogP contribution < -0.4 is 0 Å². The Kier molecular flexibility index (Phi) is 2.96. The summed E-state index contributed by atoms with van der Waals surface area (Å²) < 4.78 is 0. The van der Waals surface area contributed by atoms with Gasteiger partial charge in [0, 0.05) is 4.83 Å². The molecule has 1 heteroatoms. The molecule has 14 heavy (non-hydrogen) atoms. The molecule has 0 aliphatic heterocycles. The van der Waals surface area contributed by atoms with E-state index in [1.54, 1.807) is 5.56 Å². The quantitative estimate of drug-likeness (QED) is 0.642. The number of hydrogen-bond acceptors (Lipinski definition) is 0. The first kappa shape index (κ1) is 10.2. The van der Waals surface area contributed by atoms with Crippen molar-refractivity contribution in [3.8, 4) is 0 Å². The average molecular weight is 253 g/mol. The third-order valence-electron chi connectivity index (χ3n) is 3.28. The van der Waals surface area contributed by atoms with Gasteiger partial charge in [0.25, 0.3) is 0 Å². The minimum atomic E-state index is 0.584. The molecule has 2 rings (SSSR count). The minimum Gasteiger partial charge on any atom is -0.0839 e. The van der Waals surface area contributed by atoms with E-state index in [1.807, 2.05) is 0 Å². The van der Waals surface area contributed by atoms with Crippen LogP contribution in [0.3, 0.4) is 0 Å². The number of alkyl halides is 1. The van der Waals surface area contributed by atoms with Gasteiger partial charge < -0.3 is 0 Å². The van der Waals surface area contributed by atoms with Gasteiger partial charge in [0.2, 0.25) is 0 Å². The van der Waals surface area contributed by atoms with E-state index in [-0.39, 0.29) is 0 Å². The van der Waals surface area contributed by atoms with Crippen LogP contribution in [0, 0.1) is 0 Å². The molecule has 1 aromatic carbocycles. The molecule has 0 aromatic heterocycles. The molecule has 0 amide bonds. The summed E-state index contributed by atoms with van der Waals surface area (Å²) >= 11 is 3.78. The van der Waals surface area contributed by atoms with E-state index in [9.17, 15) is 0 Å². The van der Waals surface area contributed by atoms with E-state index in [4.69, 9.17) is 0 Å². The number of aryl methyl sites for hydroxylation is 1. The fraction of sp³-hybridized carbons (Fsp3) is 0.538. The van der Waals surface area contributed by atoms with Gasteiger partial charge in [-0.2, -0.15) is 0 Å². The van der Waals surface area contributed by atoms with E-state index >= 15 is 0 Å². The smallest absolute Gasteiger partial charge is 0.0398 e. The van der Waals surface area contributed by atoms with Crippen molar-refractivity contribution in [1.82, 2.24) is 0 Å². The molecule has 0 heterocycles. The zero-order valence-corrected chi connectivity index (χ0v) is 10.5. The number of hydrogen-bond donors (Lipinski definition) is 0. The largest absolute Gasteiger partial charge is 0.0839 e. The predicted octanol–water partition coefficient (Wildman–Crippen LogP) is 4.58. The van der Waals surface area contributed by atoms with Crippen molar-refractivity contribution in [1.29, 1.82) is 0 Å². The standard InChI is InChI=1S/C13H17Br/c1-3-10-5-6-11-9(2)4-7-13(14)12(11)8-10/h5-6,8-9,13H,3-4,7H2,1-2H3. The monoisotopic (exact) mass is 252 g/mol. The normalized spacial score (nSPS) is 25.9. The van der Waals surface area contributed by atoms with Crippen LogP contribution in [-0.4, -0.2) is 0 Å². The van der Waals surface area contributed by atoms with E-state index in [0.29, 0.717) is 4.83 Å². The first-order valence-electron chi connectivity index (χ1n) is 5.49. The van der Waals surface area contributed by atoms with Crippen molar-refractivity contribution < 1.29 is 0 Å². The highest BCUT2D eigenvalue weighted by Crippen LogP contribution is 2.41. The maximum absolute atomic E-state index is 3.78. The first-order valence-corrected chi connectivity index (χ1v) is 6.40. The van der Waals surface area contributed by atoms with Crippen LogP contribution >= 0.6 is 15.9 Å². The van der Waals surface area contributed by atoms with Crippen LogP contribution in [0.1, 0.15) is 54.1 Å². The van der Waals surface area contributed by atoms with Crippen molar-refractivity contribution in [2.75, 3.05) is 0 Å². The molecule has 0 nitrogen and oxygen atoms in total. The fourth-order valence-corrected chi connectivity index (χ4v) is 2.93. The van der Waals surface area contributed by atoms with Gasteiger partial charge in [0.1, 0.15) is 0 Å². The van der Waals surface area contributed by atoms with E-state index in [0.717, 1.165) is 12.3 Å². The van der Waals surface area contributed by atoms with Gasteiger partial charge in [-0.05, 0) is 41.9 Å². The van der Waals surface area contributed by atoms with Gasteiger partial charge in [-0.25, -0.2) is 0 Å². The summed E-state index contributed by atoms with van der Waals surface area (Å²) in [6, 6.07) is 6.98. The average Bonchev–Trinajstić information content (AvgIpc) is 2.23. The Hall–Kier alpha value is -0.300. The third-order valence-corrected chi connectivity index (χ3v) is 4.23. The maximum atomic E-state index is 3.78. The highest BCUT2D eigenvalue weighted by Gasteiger charge is 2.22.